The molecule has 0 saturated carbocycles. The molecule has 0 aliphatic rings. The highest BCUT2D eigenvalue weighted by atomic mass is 16.5. The first kappa shape index (κ1) is 10.2. The summed E-state index contributed by atoms with van der Waals surface area (Å²) in [6, 6.07) is 1.36. The summed E-state index contributed by atoms with van der Waals surface area (Å²) in [6.45, 7) is 1.74. The third-order valence-corrected chi connectivity index (χ3v) is 1.99. The SMILES string of the molecule is Cc1cc(=O)c(C(=O)Nc2cnoc2)c[nH]1. The maximum atomic E-state index is 11.6. The Morgan fingerprint density at radius 1 is 1.56 bits per heavy atom. The van der Waals surface area contributed by atoms with Crippen LogP contribution in [-0.2, 0) is 0 Å². The van der Waals surface area contributed by atoms with Gasteiger partial charge in [0.1, 0.15) is 17.5 Å². The van der Waals surface area contributed by atoms with Gasteiger partial charge in [0.05, 0.1) is 6.20 Å². The van der Waals surface area contributed by atoms with Crippen LogP contribution in [-0.4, -0.2) is 16.0 Å². The molecule has 2 N–H and O–H groups in total. The van der Waals surface area contributed by atoms with Gasteiger partial charge >= 0.3 is 0 Å². The van der Waals surface area contributed by atoms with Crippen LogP contribution in [0.5, 0.6) is 0 Å². The third kappa shape index (κ3) is 2.00. The van der Waals surface area contributed by atoms with Gasteiger partial charge in [-0.1, -0.05) is 5.16 Å². The summed E-state index contributed by atoms with van der Waals surface area (Å²) in [5.74, 6) is -0.496. The Hall–Kier alpha value is -2.37. The zero-order valence-electron chi connectivity index (χ0n) is 8.48. The Labute approximate surface area is 90.3 Å². The first-order valence-corrected chi connectivity index (χ1v) is 4.57. The van der Waals surface area contributed by atoms with Crippen LogP contribution in [0.1, 0.15) is 16.1 Å². The molecule has 2 aromatic rings. The molecule has 0 atom stereocenters. The van der Waals surface area contributed by atoms with E-state index in [0.29, 0.717) is 11.4 Å². The van der Waals surface area contributed by atoms with E-state index >= 15 is 0 Å². The van der Waals surface area contributed by atoms with Crippen LogP contribution in [0.2, 0.25) is 0 Å². The van der Waals surface area contributed by atoms with Crippen molar-refractivity contribution < 1.29 is 9.32 Å². The molecule has 0 fully saturated rings. The predicted molar refractivity (Wildman–Crippen MR) is 56.3 cm³/mol. The van der Waals surface area contributed by atoms with E-state index in [1.165, 1.54) is 24.7 Å². The lowest BCUT2D eigenvalue weighted by molar-refractivity contribution is 0.102. The number of nitrogens with zero attached hydrogens (tertiary/aromatic N) is 1. The van der Waals surface area contributed by atoms with E-state index in [0.717, 1.165) is 0 Å². The van der Waals surface area contributed by atoms with Crippen molar-refractivity contribution in [3.8, 4) is 0 Å². The van der Waals surface area contributed by atoms with Gasteiger partial charge in [-0.15, -0.1) is 0 Å². The van der Waals surface area contributed by atoms with Gasteiger partial charge < -0.3 is 14.8 Å². The third-order valence-electron chi connectivity index (χ3n) is 1.99. The van der Waals surface area contributed by atoms with E-state index in [4.69, 9.17) is 0 Å². The minimum Gasteiger partial charge on any atom is -0.364 e. The van der Waals surface area contributed by atoms with Crippen molar-refractivity contribution in [2.24, 2.45) is 0 Å². The second-order valence-corrected chi connectivity index (χ2v) is 3.26. The second-order valence-electron chi connectivity index (χ2n) is 3.26. The van der Waals surface area contributed by atoms with Crippen molar-refractivity contribution in [3.05, 3.63) is 46.2 Å². The van der Waals surface area contributed by atoms with E-state index in [-0.39, 0.29) is 11.0 Å². The number of nitrogens with one attached hydrogen (secondary N) is 2. The molecule has 82 valence electrons. The van der Waals surface area contributed by atoms with E-state index in [1.807, 2.05) is 0 Å². The number of carbonyl (C=O) groups excluding carboxylic acids is 1. The fourth-order valence-electron chi connectivity index (χ4n) is 1.22. The molecule has 2 rings (SSSR count). The Morgan fingerprint density at radius 2 is 2.38 bits per heavy atom. The first-order chi connectivity index (χ1) is 7.66. The number of carbonyl (C=O) groups is 1. The monoisotopic (exact) mass is 219 g/mol. The van der Waals surface area contributed by atoms with Crippen molar-refractivity contribution in [1.29, 1.82) is 0 Å². The van der Waals surface area contributed by atoms with Crippen LogP contribution in [0, 0.1) is 6.92 Å². The number of aromatic amines is 1. The van der Waals surface area contributed by atoms with Gasteiger partial charge in [0.2, 0.25) is 0 Å². The average Bonchev–Trinajstić information content (AvgIpc) is 2.70. The summed E-state index contributed by atoms with van der Waals surface area (Å²) in [5, 5.41) is 5.91. The number of anilines is 1. The largest absolute Gasteiger partial charge is 0.364 e. The summed E-state index contributed by atoms with van der Waals surface area (Å²) in [4.78, 5) is 25.9. The lowest BCUT2D eigenvalue weighted by Crippen LogP contribution is -2.21. The van der Waals surface area contributed by atoms with Crippen LogP contribution in [0.15, 0.2) is 34.0 Å². The van der Waals surface area contributed by atoms with E-state index in [2.05, 4.69) is 20.0 Å². The molecule has 0 saturated heterocycles. The molecule has 1 amide bonds. The Bertz CT molecular complexity index is 557. The number of aromatic nitrogens is 2. The number of rotatable bonds is 2. The first-order valence-electron chi connectivity index (χ1n) is 4.57. The summed E-state index contributed by atoms with van der Waals surface area (Å²) in [7, 11) is 0. The Kier molecular flexibility index (Phi) is 2.55. The predicted octanol–water partition coefficient (Wildman–Crippen LogP) is 0.924. The minimum atomic E-state index is -0.496. The molecule has 0 aromatic carbocycles. The maximum absolute atomic E-state index is 11.6. The molecule has 0 bridgehead atoms. The molecule has 2 heterocycles. The molecule has 0 unspecified atom stereocenters. The quantitative estimate of drug-likeness (QED) is 0.786. The topological polar surface area (TPSA) is 88.0 Å². The highest BCUT2D eigenvalue weighted by molar-refractivity contribution is 6.03. The smallest absolute Gasteiger partial charge is 0.261 e. The standard InChI is InChI=1S/C10H9N3O3/c1-6-2-9(14)8(4-11-6)10(15)13-7-3-12-16-5-7/h2-5H,1H3,(H,11,14)(H,13,15). The molecule has 6 heteroatoms. The van der Waals surface area contributed by atoms with Crippen molar-refractivity contribution >= 4 is 11.6 Å². The fourth-order valence-corrected chi connectivity index (χ4v) is 1.22. The fraction of sp³-hybridized carbons (Fsp3) is 0.100. The number of hydrogen-bond acceptors (Lipinski definition) is 4. The number of H-pyrrole nitrogens is 1. The molecule has 2 aromatic heterocycles. The van der Waals surface area contributed by atoms with Crippen molar-refractivity contribution in [3.63, 3.8) is 0 Å². The summed E-state index contributed by atoms with van der Waals surface area (Å²) in [5.41, 5.74) is 0.827. The van der Waals surface area contributed by atoms with E-state index < -0.39 is 5.91 Å². The Morgan fingerprint density at radius 3 is 3.00 bits per heavy atom. The van der Waals surface area contributed by atoms with Crippen molar-refractivity contribution in [2.45, 2.75) is 6.92 Å². The van der Waals surface area contributed by atoms with Gasteiger partial charge in [0, 0.05) is 18.0 Å². The van der Waals surface area contributed by atoms with Gasteiger partial charge in [-0.2, -0.15) is 0 Å². The molecule has 0 aliphatic carbocycles. The summed E-state index contributed by atoms with van der Waals surface area (Å²) >= 11 is 0. The molecule has 0 aliphatic heterocycles. The molecule has 16 heavy (non-hydrogen) atoms. The zero-order chi connectivity index (χ0) is 11.5. The van der Waals surface area contributed by atoms with Crippen molar-refractivity contribution in [2.75, 3.05) is 5.32 Å². The summed E-state index contributed by atoms with van der Waals surface area (Å²) in [6.07, 6.45) is 4.00. The molecule has 6 nitrogen and oxygen atoms in total. The van der Waals surface area contributed by atoms with Gasteiger partial charge in [-0.3, -0.25) is 9.59 Å². The van der Waals surface area contributed by atoms with Gasteiger partial charge in [-0.05, 0) is 6.92 Å². The molecule has 0 spiro atoms. The van der Waals surface area contributed by atoms with Gasteiger partial charge in [-0.25, -0.2) is 0 Å². The van der Waals surface area contributed by atoms with Crippen LogP contribution in [0.25, 0.3) is 0 Å². The minimum absolute atomic E-state index is 0.0480. The lowest BCUT2D eigenvalue weighted by atomic mass is 10.2. The second kappa shape index (κ2) is 4.01. The zero-order valence-corrected chi connectivity index (χ0v) is 8.48. The van der Waals surface area contributed by atoms with E-state index in [1.54, 1.807) is 6.92 Å². The molecular formula is C10H9N3O3. The van der Waals surface area contributed by atoms with Crippen LogP contribution < -0.4 is 10.7 Å². The van der Waals surface area contributed by atoms with Gasteiger partial charge in [0.25, 0.3) is 5.91 Å². The molecular weight excluding hydrogens is 210 g/mol. The number of amides is 1. The van der Waals surface area contributed by atoms with Crippen molar-refractivity contribution in [1.82, 2.24) is 10.1 Å². The number of pyridine rings is 1. The lowest BCUT2D eigenvalue weighted by Gasteiger charge is -2.01. The van der Waals surface area contributed by atoms with Crippen LogP contribution in [0.4, 0.5) is 5.69 Å². The molecule has 0 radical (unpaired) electrons. The van der Waals surface area contributed by atoms with Crippen LogP contribution in [0.3, 0.4) is 0 Å². The van der Waals surface area contributed by atoms with E-state index in [9.17, 15) is 9.59 Å². The maximum Gasteiger partial charge on any atom is 0.261 e. The van der Waals surface area contributed by atoms with Crippen LogP contribution >= 0.6 is 0 Å². The number of hydrogen-bond donors (Lipinski definition) is 2. The highest BCUT2D eigenvalue weighted by Gasteiger charge is 2.11. The number of aryl methyl sites for hydroxylation is 1. The van der Waals surface area contributed by atoms with Gasteiger partial charge in [0.15, 0.2) is 5.43 Å². The Balaban J connectivity index is 2.25. The highest BCUT2D eigenvalue weighted by Crippen LogP contribution is 2.05. The normalized spacial score (nSPS) is 10.1. The average molecular weight is 219 g/mol. The summed E-state index contributed by atoms with van der Waals surface area (Å²) < 4.78 is 4.55.